The summed E-state index contributed by atoms with van der Waals surface area (Å²) in [5, 5.41) is 3.57. The maximum Gasteiger partial charge on any atom is 0.0735 e. The SMILES string of the molecule is CCNC1CCOCC1S(=O)CC. The summed E-state index contributed by atoms with van der Waals surface area (Å²) in [6, 6.07) is 0.388. The first-order chi connectivity index (χ1) is 6.29. The van der Waals surface area contributed by atoms with Gasteiger partial charge in [-0.1, -0.05) is 13.8 Å². The molecule has 1 N–H and O–H groups in total. The van der Waals surface area contributed by atoms with E-state index in [1.807, 2.05) is 6.92 Å². The van der Waals surface area contributed by atoms with Crippen molar-refractivity contribution in [3.63, 3.8) is 0 Å². The minimum Gasteiger partial charge on any atom is -0.380 e. The zero-order chi connectivity index (χ0) is 9.68. The van der Waals surface area contributed by atoms with Crippen LogP contribution >= 0.6 is 0 Å². The quantitative estimate of drug-likeness (QED) is 0.727. The molecule has 0 aromatic heterocycles. The van der Waals surface area contributed by atoms with Crippen LogP contribution < -0.4 is 5.32 Å². The fourth-order valence-corrected chi connectivity index (χ4v) is 2.96. The molecule has 1 aliphatic rings. The maximum absolute atomic E-state index is 11.6. The van der Waals surface area contributed by atoms with Crippen LogP contribution in [0.15, 0.2) is 0 Å². The summed E-state index contributed by atoms with van der Waals surface area (Å²) >= 11 is 0. The van der Waals surface area contributed by atoms with Crippen LogP contribution in [-0.2, 0) is 15.5 Å². The van der Waals surface area contributed by atoms with E-state index in [0.717, 1.165) is 25.3 Å². The number of rotatable bonds is 4. The molecule has 0 amide bonds. The van der Waals surface area contributed by atoms with Crippen molar-refractivity contribution < 1.29 is 8.95 Å². The average Bonchev–Trinajstić information content (AvgIpc) is 2.18. The normalized spacial score (nSPS) is 31.5. The molecule has 0 aromatic rings. The third-order valence-electron chi connectivity index (χ3n) is 2.39. The smallest absolute Gasteiger partial charge is 0.0735 e. The van der Waals surface area contributed by atoms with E-state index in [1.165, 1.54) is 0 Å². The topological polar surface area (TPSA) is 38.3 Å². The highest BCUT2D eigenvalue weighted by molar-refractivity contribution is 7.85. The summed E-state index contributed by atoms with van der Waals surface area (Å²) in [7, 11) is -0.732. The number of nitrogens with one attached hydrogen (secondary N) is 1. The van der Waals surface area contributed by atoms with Gasteiger partial charge in [-0.05, 0) is 13.0 Å². The van der Waals surface area contributed by atoms with Crippen LogP contribution in [-0.4, -0.2) is 41.0 Å². The highest BCUT2D eigenvalue weighted by atomic mass is 32.2. The predicted octanol–water partition coefficient (Wildman–Crippen LogP) is 0.522. The minimum atomic E-state index is -0.732. The molecule has 4 heteroatoms. The van der Waals surface area contributed by atoms with Gasteiger partial charge in [0.25, 0.3) is 0 Å². The lowest BCUT2D eigenvalue weighted by molar-refractivity contribution is 0.0825. The van der Waals surface area contributed by atoms with Gasteiger partial charge in [0.15, 0.2) is 0 Å². The summed E-state index contributed by atoms with van der Waals surface area (Å²) in [5.41, 5.74) is 0. The molecular formula is C9H19NO2S. The van der Waals surface area contributed by atoms with E-state index in [1.54, 1.807) is 0 Å². The van der Waals surface area contributed by atoms with E-state index in [9.17, 15) is 4.21 Å². The molecule has 0 bridgehead atoms. The molecule has 3 unspecified atom stereocenters. The number of hydrogen-bond donors (Lipinski definition) is 1. The van der Waals surface area contributed by atoms with E-state index in [0.29, 0.717) is 12.6 Å². The van der Waals surface area contributed by atoms with Crippen molar-refractivity contribution in [2.75, 3.05) is 25.5 Å². The summed E-state index contributed by atoms with van der Waals surface area (Å²) in [6.07, 6.45) is 0.990. The highest BCUT2D eigenvalue weighted by Crippen LogP contribution is 2.13. The molecule has 0 spiro atoms. The zero-order valence-corrected chi connectivity index (χ0v) is 9.23. The summed E-state index contributed by atoms with van der Waals surface area (Å²) in [4.78, 5) is 0. The molecule has 78 valence electrons. The van der Waals surface area contributed by atoms with Crippen molar-refractivity contribution in [2.24, 2.45) is 0 Å². The van der Waals surface area contributed by atoms with Crippen LogP contribution in [0.4, 0.5) is 0 Å². The summed E-state index contributed by atoms with van der Waals surface area (Å²) in [5.74, 6) is 0.732. The van der Waals surface area contributed by atoms with Gasteiger partial charge in [0.2, 0.25) is 0 Å². The molecule has 3 nitrogen and oxygen atoms in total. The van der Waals surface area contributed by atoms with Crippen molar-refractivity contribution in [1.82, 2.24) is 5.32 Å². The Labute approximate surface area is 82.7 Å². The molecule has 0 aliphatic carbocycles. The molecule has 1 fully saturated rings. The number of hydrogen-bond acceptors (Lipinski definition) is 3. The molecule has 1 aliphatic heterocycles. The van der Waals surface area contributed by atoms with E-state index in [-0.39, 0.29) is 5.25 Å². The van der Waals surface area contributed by atoms with Gasteiger partial charge < -0.3 is 10.1 Å². The van der Waals surface area contributed by atoms with Gasteiger partial charge in [0.05, 0.1) is 11.9 Å². The largest absolute Gasteiger partial charge is 0.380 e. The number of ether oxygens (including phenoxy) is 1. The molecule has 0 aromatic carbocycles. The Morgan fingerprint density at radius 1 is 1.54 bits per heavy atom. The van der Waals surface area contributed by atoms with Gasteiger partial charge >= 0.3 is 0 Å². The van der Waals surface area contributed by atoms with E-state index in [4.69, 9.17) is 4.74 Å². The van der Waals surface area contributed by atoms with E-state index < -0.39 is 10.8 Å². The third kappa shape index (κ3) is 3.04. The molecular weight excluding hydrogens is 186 g/mol. The lowest BCUT2D eigenvalue weighted by atomic mass is 10.1. The molecule has 0 saturated carbocycles. The first-order valence-electron chi connectivity index (χ1n) is 4.97. The second-order valence-electron chi connectivity index (χ2n) is 3.24. The van der Waals surface area contributed by atoms with Crippen molar-refractivity contribution in [3.8, 4) is 0 Å². The van der Waals surface area contributed by atoms with Crippen molar-refractivity contribution in [3.05, 3.63) is 0 Å². The van der Waals surface area contributed by atoms with Gasteiger partial charge in [-0.3, -0.25) is 4.21 Å². The summed E-state index contributed by atoms with van der Waals surface area (Å²) < 4.78 is 17.0. The van der Waals surface area contributed by atoms with Gasteiger partial charge in [-0.15, -0.1) is 0 Å². The van der Waals surface area contributed by atoms with Crippen LogP contribution in [0.3, 0.4) is 0 Å². The zero-order valence-electron chi connectivity index (χ0n) is 8.41. The minimum absolute atomic E-state index is 0.193. The molecule has 3 atom stereocenters. The first kappa shape index (κ1) is 11.1. The van der Waals surface area contributed by atoms with Crippen LogP contribution in [0.25, 0.3) is 0 Å². The Bertz CT molecular complexity index is 173. The van der Waals surface area contributed by atoms with Crippen LogP contribution in [0.5, 0.6) is 0 Å². The Hall–Kier alpha value is 0.0700. The average molecular weight is 205 g/mol. The fourth-order valence-electron chi connectivity index (χ4n) is 1.68. The maximum atomic E-state index is 11.6. The second kappa shape index (κ2) is 5.73. The lowest BCUT2D eigenvalue weighted by Gasteiger charge is -2.31. The van der Waals surface area contributed by atoms with E-state index >= 15 is 0 Å². The van der Waals surface area contributed by atoms with Gasteiger partial charge in [0, 0.05) is 29.2 Å². The van der Waals surface area contributed by atoms with Gasteiger partial charge in [-0.25, -0.2) is 0 Å². The second-order valence-corrected chi connectivity index (χ2v) is 5.18. The first-order valence-corrected chi connectivity index (χ1v) is 6.36. The Morgan fingerprint density at radius 3 is 2.92 bits per heavy atom. The Kier molecular flexibility index (Phi) is 4.91. The standard InChI is InChI=1S/C9H19NO2S/c1-3-10-8-5-6-12-7-9(8)13(11)4-2/h8-10H,3-7H2,1-2H3. The van der Waals surface area contributed by atoms with Crippen LogP contribution in [0.2, 0.25) is 0 Å². The molecule has 0 radical (unpaired) electrons. The fraction of sp³-hybridized carbons (Fsp3) is 1.00. The predicted molar refractivity (Wildman–Crippen MR) is 55.4 cm³/mol. The van der Waals surface area contributed by atoms with Crippen LogP contribution in [0, 0.1) is 0 Å². The van der Waals surface area contributed by atoms with Crippen molar-refractivity contribution in [2.45, 2.75) is 31.6 Å². The Morgan fingerprint density at radius 2 is 2.31 bits per heavy atom. The molecule has 1 rings (SSSR count). The molecule has 13 heavy (non-hydrogen) atoms. The van der Waals surface area contributed by atoms with Crippen molar-refractivity contribution in [1.29, 1.82) is 0 Å². The highest BCUT2D eigenvalue weighted by Gasteiger charge is 2.28. The third-order valence-corrected chi connectivity index (χ3v) is 4.10. The van der Waals surface area contributed by atoms with Gasteiger partial charge in [-0.2, -0.15) is 0 Å². The van der Waals surface area contributed by atoms with Gasteiger partial charge in [0.1, 0.15) is 0 Å². The van der Waals surface area contributed by atoms with Crippen molar-refractivity contribution >= 4 is 10.8 Å². The van der Waals surface area contributed by atoms with E-state index in [2.05, 4.69) is 12.2 Å². The molecule has 1 saturated heterocycles. The summed E-state index contributed by atoms with van der Waals surface area (Å²) in [6.45, 7) is 6.45. The lowest BCUT2D eigenvalue weighted by Crippen LogP contribution is -2.48. The molecule has 1 heterocycles. The monoisotopic (exact) mass is 205 g/mol. The Balaban J connectivity index is 2.50. The van der Waals surface area contributed by atoms with Crippen LogP contribution in [0.1, 0.15) is 20.3 Å².